The molecule has 2 N–H and O–H groups in total. The van der Waals surface area contributed by atoms with E-state index in [0.29, 0.717) is 5.82 Å². The molecule has 3 aromatic heterocycles. The maximum atomic E-state index is 11.9. The lowest BCUT2D eigenvalue weighted by molar-refractivity contribution is 0.738. The molecule has 0 aromatic carbocycles. The maximum Gasteiger partial charge on any atom is 0.334 e. The second kappa shape index (κ2) is 5.36. The topological polar surface area (TPSA) is 84.2 Å². The zero-order valence-corrected chi connectivity index (χ0v) is 12.3. The van der Waals surface area contributed by atoms with Crippen LogP contribution in [0, 0.1) is 0 Å². The zero-order chi connectivity index (χ0) is 15.8. The summed E-state index contributed by atoms with van der Waals surface area (Å²) >= 11 is 0. The van der Waals surface area contributed by atoms with E-state index in [4.69, 9.17) is 0 Å². The summed E-state index contributed by atoms with van der Waals surface area (Å²) in [6, 6.07) is 5.35. The lowest BCUT2D eigenvalue weighted by atomic mass is 10.0. The number of aromatic amines is 1. The van der Waals surface area contributed by atoms with Gasteiger partial charge in [0.2, 0.25) is 0 Å². The molecular formula is C16H15N5O2. The molecule has 0 fully saturated rings. The summed E-state index contributed by atoms with van der Waals surface area (Å²) in [5.41, 5.74) is 2.31. The number of aromatic nitrogens is 4. The fourth-order valence-corrected chi connectivity index (χ4v) is 2.83. The monoisotopic (exact) mass is 309 g/mol. The van der Waals surface area contributed by atoms with Crippen molar-refractivity contribution in [1.29, 1.82) is 0 Å². The van der Waals surface area contributed by atoms with Crippen molar-refractivity contribution >= 4 is 11.2 Å². The van der Waals surface area contributed by atoms with Crippen molar-refractivity contribution in [3.63, 3.8) is 0 Å². The molecule has 0 saturated carbocycles. The minimum absolute atomic E-state index is 0.416. The van der Waals surface area contributed by atoms with Crippen LogP contribution in [0.15, 0.2) is 52.5 Å². The highest BCUT2D eigenvalue weighted by atomic mass is 16.2. The standard InChI is InChI=1S/C16H15N5O2/c22-14-4-8-21(16(23)19-14)15-10-18-13-9-12(3-7-20(13)15)11-1-5-17-6-2-11/h1,3-4,7-10,17H,2,5-6H2,(H,19,22,23). The molecule has 7 nitrogen and oxygen atoms in total. The Morgan fingerprint density at radius 3 is 2.87 bits per heavy atom. The summed E-state index contributed by atoms with van der Waals surface area (Å²) in [4.78, 5) is 29.8. The van der Waals surface area contributed by atoms with Gasteiger partial charge < -0.3 is 5.32 Å². The number of hydrogen-bond acceptors (Lipinski definition) is 4. The molecule has 116 valence electrons. The third-order valence-corrected chi connectivity index (χ3v) is 4.00. The van der Waals surface area contributed by atoms with Gasteiger partial charge in [0.15, 0.2) is 0 Å². The van der Waals surface area contributed by atoms with E-state index in [2.05, 4.69) is 21.4 Å². The van der Waals surface area contributed by atoms with Crippen LogP contribution in [0.3, 0.4) is 0 Å². The first-order chi connectivity index (χ1) is 11.2. The summed E-state index contributed by atoms with van der Waals surface area (Å²) in [5.74, 6) is 0.590. The van der Waals surface area contributed by atoms with Gasteiger partial charge in [-0.3, -0.25) is 18.7 Å². The largest absolute Gasteiger partial charge is 0.334 e. The maximum absolute atomic E-state index is 11.9. The van der Waals surface area contributed by atoms with Crippen LogP contribution >= 0.6 is 0 Å². The van der Waals surface area contributed by atoms with Crippen LogP contribution in [0.1, 0.15) is 12.0 Å². The van der Waals surface area contributed by atoms with Crippen molar-refractivity contribution in [3.05, 3.63) is 69.3 Å². The minimum Gasteiger partial charge on any atom is -0.313 e. The Labute approximate surface area is 130 Å². The SMILES string of the molecule is O=c1ccn(-c2cnc3cc(C4=CCNCC4)ccn23)c(=O)[nH]1. The molecule has 0 radical (unpaired) electrons. The first-order valence-corrected chi connectivity index (χ1v) is 7.42. The summed E-state index contributed by atoms with van der Waals surface area (Å²) in [7, 11) is 0. The normalized spacial score (nSPS) is 14.9. The van der Waals surface area contributed by atoms with Gasteiger partial charge in [-0.05, 0) is 36.2 Å². The Balaban J connectivity index is 1.83. The van der Waals surface area contributed by atoms with Crippen LogP contribution in [0.25, 0.3) is 17.0 Å². The van der Waals surface area contributed by atoms with E-state index in [0.717, 1.165) is 30.7 Å². The average Bonchev–Trinajstić information content (AvgIpc) is 2.99. The molecule has 0 bridgehead atoms. The van der Waals surface area contributed by atoms with Crippen molar-refractivity contribution in [2.24, 2.45) is 0 Å². The molecule has 7 heteroatoms. The minimum atomic E-state index is -0.482. The molecule has 1 aliphatic heterocycles. The van der Waals surface area contributed by atoms with Gasteiger partial charge in [-0.2, -0.15) is 0 Å². The molecular weight excluding hydrogens is 294 g/mol. The van der Waals surface area contributed by atoms with Gasteiger partial charge in [0, 0.05) is 25.0 Å². The number of fused-ring (bicyclic) bond motifs is 1. The Bertz CT molecular complexity index is 1020. The fourth-order valence-electron chi connectivity index (χ4n) is 2.83. The average molecular weight is 309 g/mol. The Morgan fingerprint density at radius 1 is 1.17 bits per heavy atom. The Morgan fingerprint density at radius 2 is 2.09 bits per heavy atom. The molecule has 0 amide bonds. The van der Waals surface area contributed by atoms with Crippen LogP contribution in [0.5, 0.6) is 0 Å². The first-order valence-electron chi connectivity index (χ1n) is 7.42. The third kappa shape index (κ3) is 2.40. The van der Waals surface area contributed by atoms with Crippen molar-refractivity contribution in [1.82, 2.24) is 24.3 Å². The molecule has 0 spiro atoms. The molecule has 3 aromatic rings. The van der Waals surface area contributed by atoms with E-state index in [1.807, 2.05) is 22.7 Å². The van der Waals surface area contributed by atoms with Gasteiger partial charge in [-0.1, -0.05) is 6.08 Å². The fraction of sp³-hybridized carbons (Fsp3) is 0.188. The van der Waals surface area contributed by atoms with Gasteiger partial charge in [-0.15, -0.1) is 0 Å². The second-order valence-electron chi connectivity index (χ2n) is 5.42. The predicted molar refractivity (Wildman–Crippen MR) is 86.9 cm³/mol. The highest BCUT2D eigenvalue weighted by Gasteiger charge is 2.10. The van der Waals surface area contributed by atoms with E-state index in [9.17, 15) is 9.59 Å². The number of rotatable bonds is 2. The van der Waals surface area contributed by atoms with E-state index in [1.54, 1.807) is 6.20 Å². The summed E-state index contributed by atoms with van der Waals surface area (Å²) in [5, 5.41) is 3.29. The van der Waals surface area contributed by atoms with Crippen LogP contribution in [-0.2, 0) is 0 Å². The quantitative estimate of drug-likeness (QED) is 0.724. The summed E-state index contributed by atoms with van der Waals surface area (Å²) in [6.07, 6.45) is 8.14. The van der Waals surface area contributed by atoms with Crippen molar-refractivity contribution in [2.75, 3.05) is 13.1 Å². The molecule has 0 unspecified atom stereocenters. The van der Waals surface area contributed by atoms with Crippen LogP contribution in [0.4, 0.5) is 0 Å². The number of imidazole rings is 1. The van der Waals surface area contributed by atoms with Crippen molar-refractivity contribution < 1.29 is 0 Å². The lowest BCUT2D eigenvalue weighted by Gasteiger charge is -2.14. The third-order valence-electron chi connectivity index (χ3n) is 4.00. The van der Waals surface area contributed by atoms with E-state index < -0.39 is 11.2 Å². The number of nitrogens with one attached hydrogen (secondary N) is 2. The molecule has 4 rings (SSSR count). The van der Waals surface area contributed by atoms with Crippen LogP contribution in [0.2, 0.25) is 0 Å². The van der Waals surface area contributed by atoms with Gasteiger partial charge in [0.25, 0.3) is 5.56 Å². The second-order valence-corrected chi connectivity index (χ2v) is 5.42. The van der Waals surface area contributed by atoms with Crippen LogP contribution < -0.4 is 16.6 Å². The Hall–Kier alpha value is -2.93. The summed E-state index contributed by atoms with van der Waals surface area (Å²) in [6.45, 7) is 1.86. The van der Waals surface area contributed by atoms with Crippen molar-refractivity contribution in [2.45, 2.75) is 6.42 Å². The summed E-state index contributed by atoms with van der Waals surface area (Å²) < 4.78 is 3.19. The zero-order valence-electron chi connectivity index (χ0n) is 12.3. The van der Waals surface area contributed by atoms with Gasteiger partial charge in [-0.25, -0.2) is 9.78 Å². The Kier molecular flexibility index (Phi) is 3.20. The van der Waals surface area contributed by atoms with Gasteiger partial charge in [0.05, 0.1) is 6.20 Å². The molecule has 1 aliphatic rings. The number of hydrogen-bond donors (Lipinski definition) is 2. The van der Waals surface area contributed by atoms with Gasteiger partial charge >= 0.3 is 5.69 Å². The number of nitrogens with zero attached hydrogens (tertiary/aromatic N) is 3. The van der Waals surface area contributed by atoms with Gasteiger partial charge in [0.1, 0.15) is 11.5 Å². The molecule has 0 atom stereocenters. The lowest BCUT2D eigenvalue weighted by Crippen LogP contribution is -2.28. The smallest absolute Gasteiger partial charge is 0.313 e. The highest BCUT2D eigenvalue weighted by Crippen LogP contribution is 2.21. The molecule has 4 heterocycles. The van der Waals surface area contributed by atoms with E-state index in [-0.39, 0.29) is 0 Å². The highest BCUT2D eigenvalue weighted by molar-refractivity contribution is 5.69. The molecule has 0 saturated heterocycles. The first kappa shape index (κ1) is 13.7. The predicted octanol–water partition coefficient (Wildman–Crippen LogP) is 0.550. The van der Waals surface area contributed by atoms with E-state index in [1.165, 1.54) is 22.4 Å². The van der Waals surface area contributed by atoms with Crippen molar-refractivity contribution in [3.8, 4) is 5.82 Å². The number of H-pyrrole nitrogens is 1. The molecule has 0 aliphatic carbocycles. The van der Waals surface area contributed by atoms with Crippen LogP contribution in [-0.4, -0.2) is 32.0 Å². The number of pyridine rings is 1. The van der Waals surface area contributed by atoms with E-state index >= 15 is 0 Å². The molecule has 23 heavy (non-hydrogen) atoms.